The summed E-state index contributed by atoms with van der Waals surface area (Å²) in [6.07, 6.45) is 8.93. The maximum Gasteiger partial charge on any atom is 0.224 e. The maximum atomic E-state index is 11.8. The molecule has 4 heteroatoms. The molecule has 98 valence electrons. The van der Waals surface area contributed by atoms with Gasteiger partial charge < -0.3 is 10.6 Å². The van der Waals surface area contributed by atoms with Gasteiger partial charge in [0.2, 0.25) is 11.8 Å². The van der Waals surface area contributed by atoms with E-state index in [1.807, 2.05) is 0 Å². The van der Waals surface area contributed by atoms with Crippen molar-refractivity contribution < 1.29 is 9.59 Å². The van der Waals surface area contributed by atoms with Gasteiger partial charge in [0.15, 0.2) is 0 Å². The number of rotatable bonds is 3. The lowest BCUT2D eigenvalue weighted by molar-refractivity contribution is -0.123. The molecule has 0 bridgehead atoms. The number of hydrogen-bond acceptors (Lipinski definition) is 2. The van der Waals surface area contributed by atoms with Crippen molar-refractivity contribution in [2.45, 2.75) is 44.9 Å². The third-order valence-electron chi connectivity index (χ3n) is 4.43. The van der Waals surface area contributed by atoms with E-state index >= 15 is 0 Å². The summed E-state index contributed by atoms with van der Waals surface area (Å²) in [6, 6.07) is 0. The second-order valence-corrected chi connectivity index (χ2v) is 5.83. The predicted molar refractivity (Wildman–Crippen MR) is 67.5 cm³/mol. The van der Waals surface area contributed by atoms with Crippen molar-refractivity contribution in [1.82, 2.24) is 10.6 Å². The van der Waals surface area contributed by atoms with Crippen molar-refractivity contribution >= 4 is 11.8 Å². The zero-order chi connectivity index (χ0) is 12.6. The van der Waals surface area contributed by atoms with Crippen LogP contribution in [0.5, 0.6) is 0 Å². The van der Waals surface area contributed by atoms with Crippen LogP contribution in [0.3, 0.4) is 0 Å². The van der Waals surface area contributed by atoms with Crippen molar-refractivity contribution in [3.8, 4) is 0 Å². The molecule has 3 rings (SSSR count). The second kappa shape index (κ2) is 4.41. The fourth-order valence-corrected chi connectivity index (χ4v) is 3.06. The van der Waals surface area contributed by atoms with Gasteiger partial charge in [0.1, 0.15) is 0 Å². The van der Waals surface area contributed by atoms with Crippen LogP contribution < -0.4 is 10.6 Å². The predicted octanol–water partition coefficient (Wildman–Crippen LogP) is 1.48. The van der Waals surface area contributed by atoms with E-state index in [1.165, 1.54) is 0 Å². The smallest absolute Gasteiger partial charge is 0.224 e. The van der Waals surface area contributed by atoms with E-state index in [0.29, 0.717) is 13.0 Å². The molecule has 1 atom stereocenters. The maximum absolute atomic E-state index is 11.8. The molecule has 2 fully saturated rings. The fourth-order valence-electron chi connectivity index (χ4n) is 3.06. The van der Waals surface area contributed by atoms with E-state index in [0.717, 1.165) is 44.2 Å². The topological polar surface area (TPSA) is 58.2 Å². The molecular weight excluding hydrogens is 228 g/mol. The molecule has 18 heavy (non-hydrogen) atoms. The molecule has 2 N–H and O–H groups in total. The first kappa shape index (κ1) is 11.8. The summed E-state index contributed by atoms with van der Waals surface area (Å²) in [4.78, 5) is 23.2. The lowest BCUT2D eigenvalue weighted by Crippen LogP contribution is -2.48. The second-order valence-electron chi connectivity index (χ2n) is 5.83. The minimum absolute atomic E-state index is 0.00326. The monoisotopic (exact) mass is 248 g/mol. The molecule has 1 saturated carbocycles. The van der Waals surface area contributed by atoms with Crippen LogP contribution in [-0.4, -0.2) is 18.4 Å². The van der Waals surface area contributed by atoms with E-state index < -0.39 is 0 Å². The number of fused-ring (bicyclic) bond motifs is 1. The van der Waals surface area contributed by atoms with E-state index in [9.17, 15) is 9.59 Å². The largest absolute Gasteiger partial charge is 0.355 e. The molecule has 0 aromatic carbocycles. The van der Waals surface area contributed by atoms with Crippen molar-refractivity contribution in [1.29, 1.82) is 0 Å². The number of carbonyl (C=O) groups is 2. The first-order valence-electron chi connectivity index (χ1n) is 6.98. The van der Waals surface area contributed by atoms with Gasteiger partial charge in [-0.25, -0.2) is 0 Å². The van der Waals surface area contributed by atoms with Gasteiger partial charge in [-0.05, 0) is 38.5 Å². The first-order chi connectivity index (χ1) is 8.70. The Bertz CT molecular complexity index is 412. The van der Waals surface area contributed by atoms with Crippen molar-refractivity contribution in [2.24, 2.45) is 11.3 Å². The van der Waals surface area contributed by atoms with E-state index in [-0.39, 0.29) is 23.1 Å². The van der Waals surface area contributed by atoms with Gasteiger partial charge in [0.05, 0.1) is 0 Å². The molecular formula is C14H20N2O2. The van der Waals surface area contributed by atoms with Crippen LogP contribution in [-0.2, 0) is 9.59 Å². The molecule has 1 aliphatic heterocycles. The van der Waals surface area contributed by atoms with Crippen LogP contribution in [0.1, 0.15) is 44.9 Å². The quantitative estimate of drug-likeness (QED) is 0.794. The van der Waals surface area contributed by atoms with Gasteiger partial charge in [-0.2, -0.15) is 0 Å². The Kier molecular flexibility index (Phi) is 2.88. The third kappa shape index (κ3) is 2.16. The normalized spacial score (nSPS) is 31.1. The van der Waals surface area contributed by atoms with E-state index in [1.54, 1.807) is 0 Å². The van der Waals surface area contributed by atoms with Crippen LogP contribution in [0.4, 0.5) is 0 Å². The minimum atomic E-state index is -0.00326. The van der Waals surface area contributed by atoms with Crippen molar-refractivity contribution in [3.63, 3.8) is 0 Å². The Morgan fingerprint density at radius 2 is 2.28 bits per heavy atom. The van der Waals surface area contributed by atoms with E-state index in [4.69, 9.17) is 0 Å². The highest BCUT2D eigenvalue weighted by Gasteiger charge is 2.41. The first-order valence-corrected chi connectivity index (χ1v) is 6.98. The number of nitrogens with one attached hydrogen (secondary N) is 2. The summed E-state index contributed by atoms with van der Waals surface area (Å²) in [5.41, 5.74) is 1.05. The van der Waals surface area contributed by atoms with Crippen LogP contribution in [0.15, 0.2) is 11.8 Å². The average molecular weight is 248 g/mol. The Morgan fingerprint density at radius 3 is 3.06 bits per heavy atom. The molecule has 3 aliphatic rings. The van der Waals surface area contributed by atoms with Crippen molar-refractivity contribution in [2.75, 3.05) is 6.54 Å². The molecule has 1 unspecified atom stereocenters. The highest BCUT2D eigenvalue weighted by atomic mass is 16.2. The SMILES string of the molecule is O=C1CCC2(CNC(=O)C3CC3)CCCC=C2N1. The third-order valence-corrected chi connectivity index (χ3v) is 4.43. The lowest BCUT2D eigenvalue weighted by Gasteiger charge is -2.42. The number of allylic oxidation sites excluding steroid dienone is 1. The summed E-state index contributed by atoms with van der Waals surface area (Å²) in [7, 11) is 0. The molecule has 0 spiro atoms. The Balaban J connectivity index is 1.69. The Morgan fingerprint density at radius 1 is 1.44 bits per heavy atom. The molecule has 1 saturated heterocycles. The molecule has 0 aromatic rings. The van der Waals surface area contributed by atoms with E-state index in [2.05, 4.69) is 16.7 Å². The molecule has 2 amide bonds. The molecule has 0 aromatic heterocycles. The summed E-state index contributed by atoms with van der Waals surface area (Å²) in [5.74, 6) is 0.578. The molecule has 2 aliphatic carbocycles. The zero-order valence-electron chi connectivity index (χ0n) is 10.6. The Labute approximate surface area is 107 Å². The van der Waals surface area contributed by atoms with Crippen LogP contribution in [0.25, 0.3) is 0 Å². The molecule has 1 heterocycles. The number of amides is 2. The average Bonchev–Trinajstić information content (AvgIpc) is 3.20. The number of piperidine rings is 1. The highest BCUT2D eigenvalue weighted by Crippen LogP contribution is 2.42. The van der Waals surface area contributed by atoms with Gasteiger partial charge in [0.25, 0.3) is 0 Å². The van der Waals surface area contributed by atoms with Gasteiger partial charge in [-0.1, -0.05) is 6.08 Å². The summed E-state index contributed by atoms with van der Waals surface area (Å²) in [5, 5.41) is 6.09. The molecule has 0 radical (unpaired) electrons. The number of hydrogen-bond donors (Lipinski definition) is 2. The zero-order valence-corrected chi connectivity index (χ0v) is 10.6. The summed E-state index contributed by atoms with van der Waals surface area (Å²) < 4.78 is 0. The number of carbonyl (C=O) groups excluding carboxylic acids is 2. The lowest BCUT2D eigenvalue weighted by atomic mass is 9.70. The van der Waals surface area contributed by atoms with Gasteiger partial charge >= 0.3 is 0 Å². The molecule has 4 nitrogen and oxygen atoms in total. The van der Waals surface area contributed by atoms with Crippen LogP contribution in [0, 0.1) is 11.3 Å². The van der Waals surface area contributed by atoms with Gasteiger partial charge in [-0.3, -0.25) is 9.59 Å². The van der Waals surface area contributed by atoms with Crippen LogP contribution in [0.2, 0.25) is 0 Å². The van der Waals surface area contributed by atoms with Crippen molar-refractivity contribution in [3.05, 3.63) is 11.8 Å². The van der Waals surface area contributed by atoms with Gasteiger partial charge in [-0.15, -0.1) is 0 Å². The summed E-state index contributed by atoms with van der Waals surface area (Å²) >= 11 is 0. The highest BCUT2D eigenvalue weighted by molar-refractivity contribution is 5.81. The standard InChI is InChI=1S/C14H20N2O2/c17-12-6-8-14(7-2-1-3-11(14)16-12)9-15-13(18)10-4-5-10/h3,10H,1-2,4-9H2,(H,15,18)(H,16,17). The fraction of sp³-hybridized carbons (Fsp3) is 0.714. The van der Waals surface area contributed by atoms with Crippen LogP contribution >= 0.6 is 0 Å². The van der Waals surface area contributed by atoms with Gasteiger partial charge in [0, 0.05) is 30.0 Å². The minimum Gasteiger partial charge on any atom is -0.355 e. The summed E-state index contributed by atoms with van der Waals surface area (Å²) in [6.45, 7) is 0.689. The Hall–Kier alpha value is -1.32.